The number of hydrogen-bond donors (Lipinski definition) is 0. The third-order valence-corrected chi connectivity index (χ3v) is 6.48. The van der Waals surface area contributed by atoms with Gasteiger partial charge in [-0.1, -0.05) is 70.4 Å². The fourth-order valence-corrected chi connectivity index (χ4v) is 4.50. The molecule has 0 atom stereocenters. The van der Waals surface area contributed by atoms with E-state index in [0.717, 1.165) is 36.1 Å². The Morgan fingerprint density at radius 2 is 1.57 bits per heavy atom. The summed E-state index contributed by atoms with van der Waals surface area (Å²) in [6.45, 7) is 5.31. The van der Waals surface area contributed by atoms with E-state index in [9.17, 15) is 0 Å². The van der Waals surface area contributed by atoms with Crippen LogP contribution in [0.2, 0.25) is 0 Å². The number of hydrogen-bond acceptors (Lipinski definition) is 4. The van der Waals surface area contributed by atoms with Crippen molar-refractivity contribution in [2.75, 3.05) is 6.61 Å². The van der Waals surface area contributed by atoms with Crippen LogP contribution >= 0.6 is 0 Å². The average Bonchev–Trinajstić information content (AvgIpc) is 3.27. The predicted octanol–water partition coefficient (Wildman–Crippen LogP) is 7.94. The van der Waals surface area contributed by atoms with Crippen molar-refractivity contribution in [3.8, 4) is 17.1 Å². The maximum absolute atomic E-state index is 5.86. The smallest absolute Gasteiger partial charge is 0.230 e. The molecule has 1 heterocycles. The zero-order chi connectivity index (χ0) is 21.0. The molecule has 0 saturated heterocycles. The molecule has 1 saturated carbocycles. The summed E-state index contributed by atoms with van der Waals surface area (Å²) in [5.41, 5.74) is 0.994. The molecule has 1 aliphatic rings. The van der Waals surface area contributed by atoms with Gasteiger partial charge >= 0.3 is 0 Å². The summed E-state index contributed by atoms with van der Waals surface area (Å²) in [6.07, 6.45) is 16.7. The second-order valence-corrected chi connectivity index (χ2v) is 8.96. The average molecular weight is 413 g/mol. The first-order chi connectivity index (χ1) is 14.8. The van der Waals surface area contributed by atoms with Gasteiger partial charge in [0.25, 0.3) is 0 Å². The van der Waals surface area contributed by atoms with Gasteiger partial charge in [-0.25, -0.2) is 0 Å². The first kappa shape index (κ1) is 22.8. The minimum atomic E-state index is 0.434. The highest BCUT2D eigenvalue weighted by Gasteiger charge is 2.26. The van der Waals surface area contributed by atoms with Crippen molar-refractivity contribution in [3.05, 3.63) is 30.2 Å². The number of rotatable bonds is 13. The zero-order valence-electron chi connectivity index (χ0n) is 19.1. The van der Waals surface area contributed by atoms with Crippen LogP contribution in [0.25, 0.3) is 11.4 Å². The first-order valence-electron chi connectivity index (χ1n) is 12.4. The number of unbranched alkanes of at least 4 members (excludes halogenated alkanes) is 6. The Balaban J connectivity index is 1.43. The molecule has 4 heteroatoms. The monoisotopic (exact) mass is 412 g/mol. The maximum atomic E-state index is 5.86. The number of aromatic nitrogens is 2. The van der Waals surface area contributed by atoms with Crippen LogP contribution in [0, 0.1) is 5.92 Å². The topological polar surface area (TPSA) is 48.2 Å². The van der Waals surface area contributed by atoms with Crippen molar-refractivity contribution in [2.24, 2.45) is 5.92 Å². The molecule has 0 aliphatic heterocycles. The highest BCUT2D eigenvalue weighted by molar-refractivity contribution is 5.55. The number of benzene rings is 1. The summed E-state index contributed by atoms with van der Waals surface area (Å²) >= 11 is 0. The molecule has 166 valence electrons. The van der Waals surface area contributed by atoms with Crippen molar-refractivity contribution >= 4 is 0 Å². The normalized spacial score (nSPS) is 19.1. The quantitative estimate of drug-likeness (QED) is 0.313. The molecule has 1 aromatic carbocycles. The van der Waals surface area contributed by atoms with E-state index in [-0.39, 0.29) is 0 Å². The molecule has 3 rings (SSSR count). The molecule has 0 radical (unpaired) electrons. The van der Waals surface area contributed by atoms with Gasteiger partial charge in [-0.3, -0.25) is 0 Å². The fourth-order valence-electron chi connectivity index (χ4n) is 4.50. The van der Waals surface area contributed by atoms with E-state index in [4.69, 9.17) is 14.2 Å². The molecular formula is C26H40N2O2. The van der Waals surface area contributed by atoms with Crippen molar-refractivity contribution in [1.82, 2.24) is 10.1 Å². The fraction of sp³-hybridized carbons (Fsp3) is 0.692. The SMILES string of the molecule is CCCCCCCOc1ccc(-c2noc(C3CCC(CCCCC)CC3)n2)cc1. The summed E-state index contributed by atoms with van der Waals surface area (Å²) in [6, 6.07) is 8.09. The van der Waals surface area contributed by atoms with Crippen LogP contribution < -0.4 is 4.74 Å². The van der Waals surface area contributed by atoms with E-state index in [2.05, 4.69) is 19.0 Å². The van der Waals surface area contributed by atoms with Crippen LogP contribution in [0.15, 0.2) is 28.8 Å². The van der Waals surface area contributed by atoms with Gasteiger partial charge in [0, 0.05) is 11.5 Å². The Hall–Kier alpha value is -1.84. The largest absolute Gasteiger partial charge is 0.494 e. The molecule has 30 heavy (non-hydrogen) atoms. The van der Waals surface area contributed by atoms with Gasteiger partial charge < -0.3 is 9.26 Å². The molecule has 0 bridgehead atoms. The molecule has 0 amide bonds. The Morgan fingerprint density at radius 1 is 0.867 bits per heavy atom. The zero-order valence-corrected chi connectivity index (χ0v) is 19.1. The molecule has 1 fully saturated rings. The molecule has 1 aromatic heterocycles. The van der Waals surface area contributed by atoms with E-state index in [1.54, 1.807) is 0 Å². The van der Waals surface area contributed by atoms with Crippen LogP contribution in [-0.2, 0) is 0 Å². The summed E-state index contributed by atoms with van der Waals surface area (Å²) < 4.78 is 11.5. The van der Waals surface area contributed by atoms with Gasteiger partial charge in [0.2, 0.25) is 11.7 Å². The lowest BCUT2D eigenvalue weighted by atomic mass is 9.79. The number of nitrogens with zero attached hydrogens (tertiary/aromatic N) is 2. The van der Waals surface area contributed by atoms with Crippen molar-refractivity contribution in [3.63, 3.8) is 0 Å². The third-order valence-electron chi connectivity index (χ3n) is 6.48. The Kier molecular flexibility index (Phi) is 9.72. The predicted molar refractivity (Wildman–Crippen MR) is 123 cm³/mol. The molecule has 0 unspecified atom stereocenters. The molecule has 4 nitrogen and oxygen atoms in total. The molecular weight excluding hydrogens is 372 g/mol. The highest BCUT2D eigenvalue weighted by Crippen LogP contribution is 2.37. The van der Waals surface area contributed by atoms with Gasteiger partial charge in [-0.2, -0.15) is 4.98 Å². The van der Waals surface area contributed by atoms with Gasteiger partial charge in [0.05, 0.1) is 6.61 Å². The number of ether oxygens (including phenoxy) is 1. The van der Waals surface area contributed by atoms with Crippen LogP contribution in [0.3, 0.4) is 0 Å². The highest BCUT2D eigenvalue weighted by atomic mass is 16.5. The summed E-state index contributed by atoms with van der Waals surface area (Å²) in [4.78, 5) is 4.72. The lowest BCUT2D eigenvalue weighted by molar-refractivity contribution is 0.259. The van der Waals surface area contributed by atoms with Gasteiger partial charge in [0.1, 0.15) is 5.75 Å². The van der Waals surface area contributed by atoms with Gasteiger partial charge in [-0.05, 0) is 62.3 Å². The second kappa shape index (κ2) is 12.8. The van der Waals surface area contributed by atoms with E-state index in [1.165, 1.54) is 77.0 Å². The van der Waals surface area contributed by atoms with E-state index < -0.39 is 0 Å². The van der Waals surface area contributed by atoms with Gasteiger partial charge in [-0.15, -0.1) is 0 Å². The Labute approximate surface area is 182 Å². The molecule has 2 aromatic rings. The molecule has 1 aliphatic carbocycles. The minimum absolute atomic E-state index is 0.434. The van der Waals surface area contributed by atoms with E-state index in [1.807, 2.05) is 24.3 Å². The van der Waals surface area contributed by atoms with Crippen LogP contribution in [0.4, 0.5) is 0 Å². The van der Waals surface area contributed by atoms with E-state index >= 15 is 0 Å². The van der Waals surface area contributed by atoms with Crippen LogP contribution in [0.5, 0.6) is 5.75 Å². The Bertz CT molecular complexity index is 702. The lowest BCUT2D eigenvalue weighted by Gasteiger charge is -2.26. The Morgan fingerprint density at radius 3 is 2.30 bits per heavy atom. The van der Waals surface area contributed by atoms with Crippen molar-refractivity contribution in [2.45, 2.75) is 103 Å². The van der Waals surface area contributed by atoms with E-state index in [0.29, 0.717) is 11.7 Å². The van der Waals surface area contributed by atoms with Crippen molar-refractivity contribution in [1.29, 1.82) is 0 Å². The third kappa shape index (κ3) is 7.14. The molecule has 0 spiro atoms. The summed E-state index contributed by atoms with van der Waals surface area (Å²) in [5.74, 6) is 3.77. The summed E-state index contributed by atoms with van der Waals surface area (Å²) in [5, 5.41) is 4.25. The summed E-state index contributed by atoms with van der Waals surface area (Å²) in [7, 11) is 0. The second-order valence-electron chi connectivity index (χ2n) is 8.96. The standard InChI is InChI=1S/C26H40N2O2/c1-3-5-7-8-10-20-29-24-18-16-22(17-19-24)25-27-26(30-28-25)23-14-12-21(13-15-23)11-9-6-4-2/h16-19,21,23H,3-15,20H2,1-2H3. The van der Waals surface area contributed by atoms with Crippen LogP contribution in [0.1, 0.15) is 109 Å². The van der Waals surface area contributed by atoms with Gasteiger partial charge in [0.15, 0.2) is 0 Å². The molecule has 0 N–H and O–H groups in total. The minimum Gasteiger partial charge on any atom is -0.494 e. The van der Waals surface area contributed by atoms with Crippen molar-refractivity contribution < 1.29 is 9.26 Å². The maximum Gasteiger partial charge on any atom is 0.230 e. The lowest BCUT2D eigenvalue weighted by Crippen LogP contribution is -2.13. The van der Waals surface area contributed by atoms with Crippen LogP contribution in [-0.4, -0.2) is 16.7 Å². The first-order valence-corrected chi connectivity index (χ1v) is 12.4.